The molecule has 0 spiro atoms. The Hall–Kier alpha value is -1.99. The molecule has 0 amide bonds. The van der Waals surface area contributed by atoms with Gasteiger partial charge in [-0.05, 0) is 52.3 Å². The van der Waals surface area contributed by atoms with E-state index in [1.165, 1.54) is 23.5 Å². The Bertz CT molecular complexity index is 764. The van der Waals surface area contributed by atoms with Gasteiger partial charge in [0.1, 0.15) is 0 Å². The third-order valence-electron chi connectivity index (χ3n) is 2.60. The summed E-state index contributed by atoms with van der Waals surface area (Å²) in [5, 5.41) is 12.8. The summed E-state index contributed by atoms with van der Waals surface area (Å²) in [5.41, 5.74) is 0.903. The second kappa shape index (κ2) is 5.18. The van der Waals surface area contributed by atoms with Crippen molar-refractivity contribution in [3.05, 3.63) is 45.7 Å². The summed E-state index contributed by atoms with van der Waals surface area (Å²) in [6, 6.07) is 10.1. The van der Waals surface area contributed by atoms with E-state index in [-0.39, 0.29) is 5.56 Å². The third-order valence-corrected chi connectivity index (χ3v) is 4.22. The van der Waals surface area contributed by atoms with E-state index >= 15 is 0 Å². The monoisotopic (exact) mass is 350 g/mol. The lowest BCUT2D eigenvalue weighted by Crippen LogP contribution is -1.94. The zero-order chi connectivity index (χ0) is 14.1. The van der Waals surface area contributed by atoms with Crippen LogP contribution in [-0.4, -0.2) is 21.2 Å². The lowest BCUT2D eigenvalue weighted by atomic mass is 10.1. The van der Waals surface area contributed by atoms with E-state index in [0.717, 1.165) is 8.66 Å². The zero-order valence-electron chi connectivity index (χ0n) is 9.91. The molecule has 0 unspecified atom stereocenters. The number of thiophene rings is 1. The fourth-order valence-corrected chi connectivity index (χ4v) is 2.94. The van der Waals surface area contributed by atoms with Crippen molar-refractivity contribution in [3.8, 4) is 22.2 Å². The number of benzene rings is 1. The van der Waals surface area contributed by atoms with Gasteiger partial charge in [0.25, 0.3) is 5.89 Å². The molecular formula is C13H7BrN2O3S. The average Bonchev–Trinajstić information content (AvgIpc) is 3.07. The highest BCUT2D eigenvalue weighted by molar-refractivity contribution is 9.11. The number of carbonyl (C=O) groups is 1. The van der Waals surface area contributed by atoms with Crippen molar-refractivity contribution < 1.29 is 14.4 Å². The summed E-state index contributed by atoms with van der Waals surface area (Å²) in [7, 11) is 0. The molecule has 0 aliphatic rings. The maximum atomic E-state index is 10.8. The molecule has 0 saturated heterocycles. The lowest BCUT2D eigenvalue weighted by Gasteiger charge is -1.95. The summed E-state index contributed by atoms with van der Waals surface area (Å²) >= 11 is 4.89. The zero-order valence-corrected chi connectivity index (χ0v) is 12.3. The summed E-state index contributed by atoms with van der Waals surface area (Å²) in [6.07, 6.45) is 0. The summed E-state index contributed by atoms with van der Waals surface area (Å²) < 4.78 is 6.19. The largest absolute Gasteiger partial charge is 0.478 e. The molecule has 1 aromatic carbocycles. The van der Waals surface area contributed by atoms with Crippen LogP contribution in [0.3, 0.4) is 0 Å². The summed E-state index contributed by atoms with van der Waals surface area (Å²) in [6.45, 7) is 0. The molecule has 0 radical (unpaired) electrons. The van der Waals surface area contributed by atoms with Crippen molar-refractivity contribution in [1.82, 2.24) is 10.1 Å². The standard InChI is InChI=1S/C13H7BrN2O3S/c14-10-6-5-9(20-10)11-15-12(19-16-11)7-1-3-8(4-2-7)13(17)18/h1-6H,(H,17,18). The highest BCUT2D eigenvalue weighted by Gasteiger charge is 2.12. The molecule has 2 aromatic heterocycles. The number of nitrogens with zero attached hydrogens (tertiary/aromatic N) is 2. The van der Waals surface area contributed by atoms with Gasteiger partial charge in [0.15, 0.2) is 0 Å². The first-order chi connectivity index (χ1) is 9.63. The number of hydrogen-bond donors (Lipinski definition) is 1. The Morgan fingerprint density at radius 2 is 1.95 bits per heavy atom. The van der Waals surface area contributed by atoms with Crippen LogP contribution in [0.4, 0.5) is 0 Å². The van der Waals surface area contributed by atoms with Gasteiger partial charge in [-0.2, -0.15) is 4.98 Å². The highest BCUT2D eigenvalue weighted by atomic mass is 79.9. The quantitative estimate of drug-likeness (QED) is 0.774. The van der Waals surface area contributed by atoms with E-state index in [9.17, 15) is 4.79 Å². The van der Waals surface area contributed by atoms with Gasteiger partial charge in [0.2, 0.25) is 5.82 Å². The molecule has 0 atom stereocenters. The van der Waals surface area contributed by atoms with Crippen LogP contribution in [0.15, 0.2) is 44.7 Å². The van der Waals surface area contributed by atoms with Crippen LogP contribution in [-0.2, 0) is 0 Å². The van der Waals surface area contributed by atoms with E-state index in [4.69, 9.17) is 9.63 Å². The average molecular weight is 351 g/mol. The van der Waals surface area contributed by atoms with Crippen molar-refractivity contribution in [3.63, 3.8) is 0 Å². The van der Waals surface area contributed by atoms with Crippen LogP contribution in [0.25, 0.3) is 22.2 Å². The van der Waals surface area contributed by atoms with Gasteiger partial charge >= 0.3 is 5.97 Å². The predicted octanol–water partition coefficient (Wildman–Crippen LogP) is 3.93. The first-order valence-corrected chi connectivity index (χ1v) is 7.17. The van der Waals surface area contributed by atoms with Crippen molar-refractivity contribution in [2.75, 3.05) is 0 Å². The number of halogens is 1. The first-order valence-electron chi connectivity index (χ1n) is 5.56. The van der Waals surface area contributed by atoms with Crippen LogP contribution >= 0.6 is 27.3 Å². The molecule has 100 valence electrons. The topological polar surface area (TPSA) is 76.2 Å². The Morgan fingerprint density at radius 3 is 2.55 bits per heavy atom. The van der Waals surface area contributed by atoms with Gasteiger partial charge in [0, 0.05) is 5.56 Å². The molecule has 0 fully saturated rings. The fraction of sp³-hybridized carbons (Fsp3) is 0. The number of rotatable bonds is 3. The van der Waals surface area contributed by atoms with Gasteiger partial charge in [-0.1, -0.05) is 5.16 Å². The second-order valence-corrected chi connectivity index (χ2v) is 6.37. The van der Waals surface area contributed by atoms with Crippen molar-refractivity contribution >= 4 is 33.2 Å². The third kappa shape index (κ3) is 2.50. The number of hydrogen-bond acceptors (Lipinski definition) is 5. The molecule has 20 heavy (non-hydrogen) atoms. The molecule has 3 aromatic rings. The number of aromatic carboxylic acids is 1. The van der Waals surface area contributed by atoms with E-state index in [2.05, 4.69) is 26.1 Å². The van der Waals surface area contributed by atoms with Crippen molar-refractivity contribution in [2.45, 2.75) is 0 Å². The predicted molar refractivity (Wildman–Crippen MR) is 77.7 cm³/mol. The van der Waals surface area contributed by atoms with Gasteiger partial charge in [-0.3, -0.25) is 0 Å². The van der Waals surface area contributed by atoms with Crippen LogP contribution in [0, 0.1) is 0 Å². The lowest BCUT2D eigenvalue weighted by molar-refractivity contribution is 0.0697. The normalized spacial score (nSPS) is 10.7. The second-order valence-electron chi connectivity index (χ2n) is 3.91. The number of aromatic nitrogens is 2. The molecule has 1 N–H and O–H groups in total. The van der Waals surface area contributed by atoms with Crippen LogP contribution in [0.1, 0.15) is 10.4 Å². The molecule has 0 aliphatic heterocycles. The minimum Gasteiger partial charge on any atom is -0.478 e. The molecule has 7 heteroatoms. The van der Waals surface area contributed by atoms with Crippen molar-refractivity contribution in [2.24, 2.45) is 0 Å². The van der Waals surface area contributed by atoms with Gasteiger partial charge < -0.3 is 9.63 Å². The Morgan fingerprint density at radius 1 is 1.20 bits per heavy atom. The van der Waals surface area contributed by atoms with E-state index in [1.807, 2.05) is 12.1 Å². The molecular weight excluding hydrogens is 344 g/mol. The van der Waals surface area contributed by atoms with Crippen LogP contribution in [0.2, 0.25) is 0 Å². The molecule has 0 saturated carbocycles. The Kier molecular flexibility index (Phi) is 3.37. The molecule has 3 rings (SSSR count). The van der Waals surface area contributed by atoms with Gasteiger partial charge in [0.05, 0.1) is 14.2 Å². The SMILES string of the molecule is O=C(O)c1ccc(-c2nc(-c3ccc(Br)s3)no2)cc1. The smallest absolute Gasteiger partial charge is 0.335 e. The number of carboxylic acids is 1. The molecule has 5 nitrogen and oxygen atoms in total. The minimum absolute atomic E-state index is 0.218. The van der Waals surface area contributed by atoms with Gasteiger partial charge in [-0.15, -0.1) is 11.3 Å². The summed E-state index contributed by atoms with van der Waals surface area (Å²) in [4.78, 5) is 16.0. The van der Waals surface area contributed by atoms with Crippen LogP contribution < -0.4 is 0 Å². The molecule has 0 bridgehead atoms. The minimum atomic E-state index is -0.966. The Labute approximate surface area is 126 Å². The maximum Gasteiger partial charge on any atom is 0.335 e. The van der Waals surface area contributed by atoms with E-state index in [0.29, 0.717) is 17.3 Å². The van der Waals surface area contributed by atoms with Crippen LogP contribution in [0.5, 0.6) is 0 Å². The van der Waals surface area contributed by atoms with Gasteiger partial charge in [-0.25, -0.2) is 4.79 Å². The highest BCUT2D eigenvalue weighted by Crippen LogP contribution is 2.30. The Balaban J connectivity index is 1.91. The van der Waals surface area contributed by atoms with E-state index in [1.54, 1.807) is 12.1 Å². The molecule has 0 aliphatic carbocycles. The fourth-order valence-electron chi connectivity index (χ4n) is 1.63. The number of carboxylic acid groups (broad SMARTS) is 1. The van der Waals surface area contributed by atoms with Crippen molar-refractivity contribution in [1.29, 1.82) is 0 Å². The maximum absolute atomic E-state index is 10.8. The summed E-state index contributed by atoms with van der Waals surface area (Å²) in [5.74, 6) is -0.0920. The molecule has 2 heterocycles. The van der Waals surface area contributed by atoms with E-state index < -0.39 is 5.97 Å². The first kappa shape index (κ1) is 13.0.